The van der Waals surface area contributed by atoms with E-state index in [4.69, 9.17) is 0 Å². The van der Waals surface area contributed by atoms with Crippen LogP contribution in [0.3, 0.4) is 0 Å². The van der Waals surface area contributed by atoms with Gasteiger partial charge in [0.25, 0.3) is 5.91 Å². The normalized spacial score (nSPS) is 16.1. The van der Waals surface area contributed by atoms with Gasteiger partial charge in [0.2, 0.25) is 0 Å². The molecule has 0 aliphatic carbocycles. The van der Waals surface area contributed by atoms with Crippen LogP contribution in [-0.4, -0.2) is 17.3 Å². The van der Waals surface area contributed by atoms with E-state index in [1.54, 1.807) is 12.1 Å². The number of rotatable bonds is 3. The molecule has 3 rings (SSSR count). The summed E-state index contributed by atoms with van der Waals surface area (Å²) in [5.41, 5.74) is 3.78. The first-order valence-corrected chi connectivity index (χ1v) is 9.44. The standard InChI is InChI=1S/C20H20FN3OS.HI/c1-12-6-4-5-7-16(12)23-19(25)17-13(2)22-20(26-3)24-18(17)14-8-10-15(21)11-9-14;/h4-11,18H,1-3H3,(H,22,24)(H,23,25);1H. The van der Waals surface area contributed by atoms with Crippen LogP contribution in [0, 0.1) is 12.7 Å². The van der Waals surface area contributed by atoms with E-state index in [1.165, 1.54) is 23.9 Å². The average molecular weight is 497 g/mol. The number of allylic oxidation sites excluding steroid dienone is 1. The number of hydrogen-bond acceptors (Lipinski definition) is 4. The van der Waals surface area contributed by atoms with Crippen LogP contribution in [0.25, 0.3) is 0 Å². The number of benzene rings is 2. The Balaban J connectivity index is 0.00000261. The Morgan fingerprint density at radius 2 is 1.81 bits per heavy atom. The van der Waals surface area contributed by atoms with Crippen LogP contribution in [0.1, 0.15) is 24.1 Å². The number of aryl methyl sites for hydroxylation is 1. The molecule has 0 bridgehead atoms. The monoisotopic (exact) mass is 497 g/mol. The summed E-state index contributed by atoms with van der Waals surface area (Å²) in [6.45, 7) is 3.80. The van der Waals surface area contributed by atoms with E-state index in [0.29, 0.717) is 5.57 Å². The van der Waals surface area contributed by atoms with Crippen LogP contribution in [-0.2, 0) is 4.79 Å². The van der Waals surface area contributed by atoms with Crippen molar-refractivity contribution in [3.63, 3.8) is 0 Å². The zero-order valence-electron chi connectivity index (χ0n) is 15.2. The maximum Gasteiger partial charge on any atom is 0.255 e. The van der Waals surface area contributed by atoms with Gasteiger partial charge >= 0.3 is 0 Å². The van der Waals surface area contributed by atoms with Crippen LogP contribution in [0.4, 0.5) is 10.1 Å². The predicted molar refractivity (Wildman–Crippen MR) is 121 cm³/mol. The molecule has 0 aromatic heterocycles. The van der Waals surface area contributed by atoms with Gasteiger partial charge in [-0.2, -0.15) is 0 Å². The number of nitrogens with one attached hydrogen (secondary N) is 2. The van der Waals surface area contributed by atoms with Gasteiger partial charge in [0.1, 0.15) is 11.9 Å². The molecule has 1 heterocycles. The molecule has 0 spiro atoms. The van der Waals surface area contributed by atoms with E-state index >= 15 is 0 Å². The first kappa shape index (κ1) is 21.4. The summed E-state index contributed by atoms with van der Waals surface area (Å²) < 4.78 is 13.3. The van der Waals surface area contributed by atoms with Gasteiger partial charge < -0.3 is 10.6 Å². The van der Waals surface area contributed by atoms with Crippen LogP contribution in [0.5, 0.6) is 0 Å². The fourth-order valence-electron chi connectivity index (χ4n) is 2.83. The number of carbonyl (C=O) groups excluding carboxylic acids is 1. The van der Waals surface area contributed by atoms with Crippen LogP contribution in [0.2, 0.25) is 0 Å². The smallest absolute Gasteiger partial charge is 0.255 e. The minimum absolute atomic E-state index is 0. The van der Waals surface area contributed by atoms with Crippen LogP contribution >= 0.6 is 35.7 Å². The van der Waals surface area contributed by atoms with E-state index in [9.17, 15) is 9.18 Å². The van der Waals surface area contributed by atoms with Gasteiger partial charge in [0.15, 0.2) is 5.17 Å². The average Bonchev–Trinajstić information content (AvgIpc) is 2.63. The van der Waals surface area contributed by atoms with E-state index in [2.05, 4.69) is 15.6 Å². The predicted octanol–water partition coefficient (Wildman–Crippen LogP) is 5.03. The van der Waals surface area contributed by atoms with Crippen molar-refractivity contribution in [1.82, 2.24) is 5.32 Å². The maximum atomic E-state index is 13.3. The SMILES string of the molecule is CSC1=NC(c2ccc(F)cc2)C(C(=O)Nc2ccccc2C)=C(C)N1.I. The van der Waals surface area contributed by atoms with Gasteiger partial charge in [-0.05, 0) is 49.4 Å². The third-order valence-corrected chi connectivity index (χ3v) is 4.83. The fraction of sp³-hybridized carbons (Fsp3) is 0.200. The first-order valence-electron chi connectivity index (χ1n) is 8.21. The molecular formula is C20H21FIN3OS. The van der Waals surface area contributed by atoms with E-state index in [-0.39, 0.29) is 35.7 Å². The topological polar surface area (TPSA) is 53.5 Å². The fourth-order valence-corrected chi connectivity index (χ4v) is 3.30. The minimum Gasteiger partial charge on any atom is -0.338 e. The van der Waals surface area contributed by atoms with Gasteiger partial charge in [-0.1, -0.05) is 42.1 Å². The number of amidine groups is 1. The summed E-state index contributed by atoms with van der Waals surface area (Å²) in [7, 11) is 0. The number of aliphatic imine (C=N–C) groups is 1. The highest BCUT2D eigenvalue weighted by Gasteiger charge is 2.29. The van der Waals surface area contributed by atoms with Crippen molar-refractivity contribution in [1.29, 1.82) is 0 Å². The summed E-state index contributed by atoms with van der Waals surface area (Å²) in [4.78, 5) is 17.7. The second kappa shape index (κ2) is 9.36. The van der Waals surface area contributed by atoms with Crippen molar-refractivity contribution in [2.24, 2.45) is 4.99 Å². The van der Waals surface area contributed by atoms with E-state index in [0.717, 1.165) is 27.7 Å². The highest BCUT2D eigenvalue weighted by molar-refractivity contribution is 14.0. The Kier molecular flexibility index (Phi) is 7.43. The van der Waals surface area contributed by atoms with E-state index in [1.807, 2.05) is 44.4 Å². The second-order valence-corrected chi connectivity index (χ2v) is 6.82. The lowest BCUT2D eigenvalue weighted by Gasteiger charge is -2.26. The van der Waals surface area contributed by atoms with Crippen LogP contribution < -0.4 is 10.6 Å². The number of thioether (sulfide) groups is 1. The Morgan fingerprint density at radius 1 is 1.15 bits per heavy atom. The Bertz CT molecular complexity index is 896. The molecular weight excluding hydrogens is 476 g/mol. The van der Waals surface area contributed by atoms with Gasteiger partial charge in [-0.25, -0.2) is 9.38 Å². The molecule has 4 nitrogen and oxygen atoms in total. The maximum absolute atomic E-state index is 13.3. The largest absolute Gasteiger partial charge is 0.338 e. The molecule has 0 radical (unpaired) electrons. The van der Waals surface area contributed by atoms with Gasteiger partial charge in [-0.15, -0.1) is 24.0 Å². The molecule has 2 aromatic carbocycles. The molecule has 0 saturated carbocycles. The zero-order valence-corrected chi connectivity index (χ0v) is 18.4. The summed E-state index contributed by atoms with van der Waals surface area (Å²) in [5, 5.41) is 6.86. The third kappa shape index (κ3) is 4.90. The molecule has 1 unspecified atom stereocenters. The lowest BCUT2D eigenvalue weighted by molar-refractivity contribution is -0.113. The molecule has 27 heavy (non-hydrogen) atoms. The number of halogens is 2. The summed E-state index contributed by atoms with van der Waals surface area (Å²) in [5.74, 6) is -0.536. The molecule has 2 N–H and O–H groups in total. The molecule has 2 aromatic rings. The molecule has 1 amide bonds. The molecule has 1 atom stereocenters. The molecule has 0 saturated heterocycles. The number of nitrogens with zero attached hydrogens (tertiary/aromatic N) is 1. The molecule has 1 aliphatic rings. The van der Waals surface area contributed by atoms with Crippen molar-refractivity contribution in [3.8, 4) is 0 Å². The number of para-hydroxylation sites is 1. The second-order valence-electron chi connectivity index (χ2n) is 6.03. The minimum atomic E-state index is -0.483. The van der Waals surface area contributed by atoms with Gasteiger partial charge in [0.05, 0.1) is 5.57 Å². The summed E-state index contributed by atoms with van der Waals surface area (Å²) >= 11 is 1.47. The summed E-state index contributed by atoms with van der Waals surface area (Å²) in [6, 6.07) is 13.2. The number of amides is 1. The van der Waals surface area contributed by atoms with Gasteiger partial charge in [-0.3, -0.25) is 4.79 Å². The zero-order chi connectivity index (χ0) is 18.7. The quantitative estimate of drug-likeness (QED) is 0.586. The lowest BCUT2D eigenvalue weighted by Crippen LogP contribution is -2.32. The van der Waals surface area contributed by atoms with Crippen molar-refractivity contribution < 1.29 is 9.18 Å². The van der Waals surface area contributed by atoms with Crippen molar-refractivity contribution >= 4 is 52.5 Å². The third-order valence-electron chi connectivity index (χ3n) is 4.24. The molecule has 7 heteroatoms. The van der Waals surface area contributed by atoms with Gasteiger partial charge in [0, 0.05) is 11.4 Å². The molecule has 0 fully saturated rings. The Morgan fingerprint density at radius 3 is 2.44 bits per heavy atom. The number of carbonyl (C=O) groups is 1. The van der Waals surface area contributed by atoms with Crippen molar-refractivity contribution in [2.75, 3.05) is 11.6 Å². The Hall–Kier alpha value is -1.87. The molecule has 1 aliphatic heterocycles. The van der Waals surface area contributed by atoms with Crippen molar-refractivity contribution in [2.45, 2.75) is 19.9 Å². The number of hydrogen-bond donors (Lipinski definition) is 2. The Labute approximate surface area is 179 Å². The highest BCUT2D eigenvalue weighted by Crippen LogP contribution is 2.33. The van der Waals surface area contributed by atoms with Crippen LogP contribution in [0.15, 0.2) is 64.8 Å². The van der Waals surface area contributed by atoms with Crippen molar-refractivity contribution in [3.05, 3.63) is 76.7 Å². The lowest BCUT2D eigenvalue weighted by atomic mass is 9.95. The number of anilines is 1. The first-order chi connectivity index (χ1) is 12.5. The van der Waals surface area contributed by atoms with E-state index < -0.39 is 6.04 Å². The highest BCUT2D eigenvalue weighted by atomic mass is 127. The molecule has 142 valence electrons. The summed E-state index contributed by atoms with van der Waals surface area (Å²) in [6.07, 6.45) is 1.92.